The standard InChI is InChI=1S/C17H17ClFN5O/c18-10-4-12-13(6-21-15(12)20-5-10)16-22-7-14(19)17(24-16)23-11-2-1-9(3-11)8-25/h4-7,9,11,25H,1-3,8H2,(H,20,21)(H,22,23,24)/t9-,11+/m1/s1. The molecule has 3 heterocycles. The minimum atomic E-state index is -0.493. The number of fused-ring (bicyclic) bond motifs is 1. The van der Waals surface area contributed by atoms with E-state index in [2.05, 4.69) is 25.3 Å². The summed E-state index contributed by atoms with van der Waals surface area (Å²) < 4.78 is 14.1. The van der Waals surface area contributed by atoms with Crippen molar-refractivity contribution in [3.8, 4) is 11.4 Å². The van der Waals surface area contributed by atoms with E-state index in [-0.39, 0.29) is 24.4 Å². The summed E-state index contributed by atoms with van der Waals surface area (Å²) >= 11 is 6.02. The fourth-order valence-electron chi connectivity index (χ4n) is 3.33. The first-order chi connectivity index (χ1) is 12.1. The Balaban J connectivity index is 1.66. The van der Waals surface area contributed by atoms with Crippen LogP contribution in [0.3, 0.4) is 0 Å². The van der Waals surface area contributed by atoms with Crippen molar-refractivity contribution in [3.63, 3.8) is 0 Å². The molecule has 0 aromatic carbocycles. The predicted molar refractivity (Wildman–Crippen MR) is 93.9 cm³/mol. The Labute approximate surface area is 148 Å². The second-order valence-electron chi connectivity index (χ2n) is 6.35. The molecule has 1 saturated carbocycles. The van der Waals surface area contributed by atoms with Crippen LogP contribution in [0.25, 0.3) is 22.4 Å². The molecule has 2 atom stereocenters. The Bertz CT molecular complexity index is 915. The van der Waals surface area contributed by atoms with E-state index in [0.29, 0.717) is 22.1 Å². The highest BCUT2D eigenvalue weighted by atomic mass is 35.5. The lowest BCUT2D eigenvalue weighted by Crippen LogP contribution is -2.18. The number of pyridine rings is 1. The fraction of sp³-hybridized carbons (Fsp3) is 0.353. The number of aromatic amines is 1. The Kier molecular flexibility index (Phi) is 4.27. The van der Waals surface area contributed by atoms with Gasteiger partial charge in [-0.1, -0.05) is 11.6 Å². The molecule has 0 unspecified atom stereocenters. The molecule has 0 amide bonds. The molecule has 0 aliphatic heterocycles. The van der Waals surface area contributed by atoms with E-state index in [1.165, 1.54) is 6.20 Å². The molecule has 130 valence electrons. The number of anilines is 1. The van der Waals surface area contributed by atoms with Gasteiger partial charge in [-0.2, -0.15) is 0 Å². The second kappa shape index (κ2) is 6.57. The average molecular weight is 362 g/mol. The summed E-state index contributed by atoms with van der Waals surface area (Å²) in [6.45, 7) is 0.165. The van der Waals surface area contributed by atoms with Crippen molar-refractivity contribution in [2.75, 3.05) is 11.9 Å². The molecule has 8 heteroatoms. The molecule has 3 aromatic heterocycles. The third-order valence-electron chi connectivity index (χ3n) is 4.62. The number of nitrogens with one attached hydrogen (secondary N) is 2. The Hall–Kier alpha value is -2.25. The average Bonchev–Trinajstić information content (AvgIpc) is 3.23. The molecule has 1 aliphatic carbocycles. The van der Waals surface area contributed by atoms with E-state index in [0.717, 1.165) is 24.6 Å². The number of aliphatic hydroxyl groups is 1. The lowest BCUT2D eigenvalue weighted by Gasteiger charge is -2.14. The summed E-state index contributed by atoms with van der Waals surface area (Å²) in [4.78, 5) is 15.7. The SMILES string of the molecule is OC[C@@H]1CC[C@H](Nc2nc(-c3c[nH]c4ncc(Cl)cc34)ncc2F)C1. The highest BCUT2D eigenvalue weighted by molar-refractivity contribution is 6.31. The van der Waals surface area contributed by atoms with Crippen LogP contribution in [0.15, 0.2) is 24.7 Å². The van der Waals surface area contributed by atoms with Crippen LogP contribution in [-0.4, -0.2) is 37.7 Å². The molecule has 4 rings (SSSR count). The van der Waals surface area contributed by atoms with Crippen molar-refractivity contribution < 1.29 is 9.50 Å². The molecule has 1 aliphatic rings. The maximum absolute atomic E-state index is 14.1. The Morgan fingerprint density at radius 1 is 1.32 bits per heavy atom. The number of aromatic nitrogens is 4. The predicted octanol–water partition coefficient (Wildman–Crippen LogP) is 3.39. The van der Waals surface area contributed by atoms with Crippen LogP contribution in [-0.2, 0) is 0 Å². The van der Waals surface area contributed by atoms with Crippen LogP contribution in [0.4, 0.5) is 10.2 Å². The molecule has 0 spiro atoms. The van der Waals surface area contributed by atoms with Gasteiger partial charge < -0.3 is 15.4 Å². The number of rotatable bonds is 4. The molecular weight excluding hydrogens is 345 g/mol. The van der Waals surface area contributed by atoms with Gasteiger partial charge in [0.05, 0.1) is 11.2 Å². The maximum Gasteiger partial charge on any atom is 0.183 e. The van der Waals surface area contributed by atoms with Crippen molar-refractivity contribution in [2.24, 2.45) is 5.92 Å². The van der Waals surface area contributed by atoms with Gasteiger partial charge in [0.1, 0.15) is 5.65 Å². The Morgan fingerprint density at radius 2 is 2.20 bits per heavy atom. The first-order valence-electron chi connectivity index (χ1n) is 8.17. The van der Waals surface area contributed by atoms with E-state index < -0.39 is 5.82 Å². The highest BCUT2D eigenvalue weighted by Gasteiger charge is 2.25. The largest absolute Gasteiger partial charge is 0.396 e. The number of nitrogens with zero attached hydrogens (tertiary/aromatic N) is 3. The lowest BCUT2D eigenvalue weighted by molar-refractivity contribution is 0.229. The van der Waals surface area contributed by atoms with E-state index in [1.807, 2.05) is 0 Å². The van der Waals surface area contributed by atoms with Crippen LogP contribution < -0.4 is 5.32 Å². The van der Waals surface area contributed by atoms with Crippen LogP contribution in [0.1, 0.15) is 19.3 Å². The molecule has 3 N–H and O–H groups in total. The van der Waals surface area contributed by atoms with E-state index in [1.54, 1.807) is 18.5 Å². The van der Waals surface area contributed by atoms with Crippen molar-refractivity contribution in [1.82, 2.24) is 19.9 Å². The molecule has 25 heavy (non-hydrogen) atoms. The fourth-order valence-corrected chi connectivity index (χ4v) is 3.48. The van der Waals surface area contributed by atoms with Crippen LogP contribution >= 0.6 is 11.6 Å². The normalized spacial score (nSPS) is 20.3. The number of aliphatic hydroxyl groups excluding tert-OH is 1. The summed E-state index contributed by atoms with van der Waals surface area (Å²) in [6.07, 6.45) is 7.08. The van der Waals surface area contributed by atoms with Crippen molar-refractivity contribution >= 4 is 28.5 Å². The molecule has 0 radical (unpaired) electrons. The monoisotopic (exact) mass is 361 g/mol. The zero-order valence-corrected chi connectivity index (χ0v) is 14.1. The quantitative estimate of drug-likeness (QED) is 0.663. The number of H-pyrrole nitrogens is 1. The van der Waals surface area contributed by atoms with E-state index in [9.17, 15) is 9.50 Å². The van der Waals surface area contributed by atoms with Gasteiger partial charge in [-0.05, 0) is 31.2 Å². The van der Waals surface area contributed by atoms with Gasteiger partial charge >= 0.3 is 0 Å². The maximum atomic E-state index is 14.1. The summed E-state index contributed by atoms with van der Waals surface area (Å²) in [5, 5.41) is 13.7. The highest BCUT2D eigenvalue weighted by Crippen LogP contribution is 2.30. The third-order valence-corrected chi connectivity index (χ3v) is 4.83. The zero-order chi connectivity index (χ0) is 17.4. The van der Waals surface area contributed by atoms with Gasteiger partial charge in [-0.25, -0.2) is 19.3 Å². The lowest BCUT2D eigenvalue weighted by atomic mass is 10.1. The molecule has 0 saturated heterocycles. The molecule has 0 bridgehead atoms. The first-order valence-corrected chi connectivity index (χ1v) is 8.54. The topological polar surface area (TPSA) is 86.7 Å². The van der Waals surface area contributed by atoms with Crippen molar-refractivity contribution in [2.45, 2.75) is 25.3 Å². The molecule has 1 fully saturated rings. The summed E-state index contributed by atoms with van der Waals surface area (Å²) in [5.41, 5.74) is 1.39. The van der Waals surface area contributed by atoms with Gasteiger partial charge in [0.15, 0.2) is 17.5 Å². The first kappa shape index (κ1) is 16.2. The van der Waals surface area contributed by atoms with E-state index >= 15 is 0 Å². The second-order valence-corrected chi connectivity index (χ2v) is 6.78. The van der Waals surface area contributed by atoms with Gasteiger partial charge in [0.25, 0.3) is 0 Å². The van der Waals surface area contributed by atoms with Gasteiger partial charge in [-0.3, -0.25) is 0 Å². The Morgan fingerprint density at radius 3 is 3.00 bits per heavy atom. The van der Waals surface area contributed by atoms with Crippen molar-refractivity contribution in [3.05, 3.63) is 35.5 Å². The van der Waals surface area contributed by atoms with E-state index in [4.69, 9.17) is 11.6 Å². The molecule has 3 aromatic rings. The van der Waals surface area contributed by atoms with Gasteiger partial charge in [0, 0.05) is 36.0 Å². The third kappa shape index (κ3) is 3.17. The van der Waals surface area contributed by atoms with Gasteiger partial charge in [0.2, 0.25) is 0 Å². The smallest absolute Gasteiger partial charge is 0.183 e. The summed E-state index contributed by atoms with van der Waals surface area (Å²) in [6, 6.07) is 1.88. The number of halogens is 2. The number of hydrogen-bond donors (Lipinski definition) is 3. The zero-order valence-electron chi connectivity index (χ0n) is 13.3. The summed E-state index contributed by atoms with van der Waals surface area (Å²) in [5.74, 6) is 0.352. The molecular formula is C17H17ClFN5O. The number of hydrogen-bond acceptors (Lipinski definition) is 5. The van der Waals surface area contributed by atoms with Crippen molar-refractivity contribution in [1.29, 1.82) is 0 Å². The van der Waals surface area contributed by atoms with Crippen LogP contribution in [0.2, 0.25) is 5.02 Å². The van der Waals surface area contributed by atoms with Gasteiger partial charge in [-0.15, -0.1) is 0 Å². The minimum absolute atomic E-state index is 0.105. The minimum Gasteiger partial charge on any atom is -0.396 e. The van der Waals surface area contributed by atoms with Crippen LogP contribution in [0.5, 0.6) is 0 Å². The van der Waals surface area contributed by atoms with Crippen LogP contribution in [0, 0.1) is 11.7 Å². The summed E-state index contributed by atoms with van der Waals surface area (Å²) in [7, 11) is 0. The molecule has 6 nitrogen and oxygen atoms in total.